The van der Waals surface area contributed by atoms with E-state index in [9.17, 15) is 4.79 Å². The number of halogens is 1. The SMILES string of the molecule is Cc1nc(-c2cccc(Cl)c2)sc1C(=O)N1CC(CN)CC1C. The number of nitrogens with zero attached hydrogens (tertiary/aromatic N) is 2. The van der Waals surface area contributed by atoms with E-state index in [1.807, 2.05) is 36.1 Å². The van der Waals surface area contributed by atoms with Gasteiger partial charge < -0.3 is 10.6 Å². The van der Waals surface area contributed by atoms with Crippen molar-refractivity contribution >= 4 is 28.8 Å². The molecule has 2 atom stereocenters. The maximum absolute atomic E-state index is 12.9. The first-order valence-corrected chi connectivity index (χ1v) is 8.93. The number of carbonyl (C=O) groups excluding carboxylic acids is 1. The summed E-state index contributed by atoms with van der Waals surface area (Å²) in [6, 6.07) is 7.78. The summed E-state index contributed by atoms with van der Waals surface area (Å²) >= 11 is 7.48. The predicted molar refractivity (Wildman–Crippen MR) is 95.0 cm³/mol. The van der Waals surface area contributed by atoms with Crippen LogP contribution in [0.5, 0.6) is 0 Å². The molecular weight excluding hydrogens is 330 g/mol. The number of benzene rings is 1. The molecule has 122 valence electrons. The number of nitrogens with two attached hydrogens (primary N) is 1. The molecule has 1 aliphatic heterocycles. The van der Waals surface area contributed by atoms with E-state index in [0.29, 0.717) is 22.4 Å². The summed E-state index contributed by atoms with van der Waals surface area (Å²) in [7, 11) is 0. The Bertz CT molecular complexity index is 730. The van der Waals surface area contributed by atoms with Gasteiger partial charge in [0.1, 0.15) is 9.88 Å². The molecule has 1 aliphatic rings. The zero-order chi connectivity index (χ0) is 16.6. The highest BCUT2D eigenvalue weighted by molar-refractivity contribution is 7.17. The third-order valence-electron chi connectivity index (χ3n) is 4.32. The molecule has 3 rings (SSSR count). The Morgan fingerprint density at radius 3 is 2.96 bits per heavy atom. The van der Waals surface area contributed by atoms with Crippen LogP contribution in [0.15, 0.2) is 24.3 Å². The van der Waals surface area contributed by atoms with Crippen LogP contribution in [0.4, 0.5) is 0 Å². The van der Waals surface area contributed by atoms with E-state index in [2.05, 4.69) is 11.9 Å². The van der Waals surface area contributed by atoms with Crippen LogP contribution in [0, 0.1) is 12.8 Å². The predicted octanol–water partition coefficient (Wildman–Crippen LogP) is 3.58. The second-order valence-electron chi connectivity index (χ2n) is 6.09. The summed E-state index contributed by atoms with van der Waals surface area (Å²) in [4.78, 5) is 20.1. The Morgan fingerprint density at radius 2 is 2.30 bits per heavy atom. The molecule has 2 unspecified atom stereocenters. The largest absolute Gasteiger partial charge is 0.335 e. The quantitative estimate of drug-likeness (QED) is 0.921. The maximum atomic E-state index is 12.9. The van der Waals surface area contributed by atoms with Crippen LogP contribution in [-0.2, 0) is 0 Å². The minimum Gasteiger partial charge on any atom is -0.335 e. The van der Waals surface area contributed by atoms with Crippen LogP contribution in [-0.4, -0.2) is 34.9 Å². The molecule has 0 aliphatic carbocycles. The zero-order valence-electron chi connectivity index (χ0n) is 13.3. The summed E-state index contributed by atoms with van der Waals surface area (Å²) in [6.07, 6.45) is 0.973. The van der Waals surface area contributed by atoms with Crippen LogP contribution < -0.4 is 5.73 Å². The summed E-state index contributed by atoms with van der Waals surface area (Å²) < 4.78 is 0. The highest BCUT2D eigenvalue weighted by Gasteiger charge is 2.33. The average Bonchev–Trinajstić information content (AvgIpc) is 3.09. The van der Waals surface area contributed by atoms with Crippen molar-refractivity contribution in [1.29, 1.82) is 0 Å². The van der Waals surface area contributed by atoms with Gasteiger partial charge in [-0.25, -0.2) is 4.98 Å². The number of hydrogen-bond acceptors (Lipinski definition) is 4. The number of rotatable bonds is 3. The van der Waals surface area contributed by atoms with Crippen molar-refractivity contribution in [3.05, 3.63) is 39.9 Å². The van der Waals surface area contributed by atoms with Gasteiger partial charge in [-0.1, -0.05) is 23.7 Å². The minimum atomic E-state index is 0.0664. The molecule has 0 radical (unpaired) electrons. The van der Waals surface area contributed by atoms with Crippen molar-refractivity contribution in [3.8, 4) is 10.6 Å². The molecule has 0 spiro atoms. The lowest BCUT2D eigenvalue weighted by Gasteiger charge is -2.20. The van der Waals surface area contributed by atoms with E-state index in [-0.39, 0.29) is 11.9 Å². The van der Waals surface area contributed by atoms with E-state index >= 15 is 0 Å². The summed E-state index contributed by atoms with van der Waals surface area (Å²) in [5.41, 5.74) is 7.48. The van der Waals surface area contributed by atoms with E-state index < -0.39 is 0 Å². The van der Waals surface area contributed by atoms with Gasteiger partial charge in [-0.05, 0) is 44.9 Å². The van der Waals surface area contributed by atoms with Gasteiger partial charge in [0.05, 0.1) is 5.69 Å². The molecule has 0 bridgehead atoms. The number of thiazole rings is 1. The minimum absolute atomic E-state index is 0.0664. The van der Waals surface area contributed by atoms with Crippen LogP contribution in [0.2, 0.25) is 5.02 Å². The number of aryl methyl sites for hydroxylation is 1. The van der Waals surface area contributed by atoms with Gasteiger partial charge in [-0.3, -0.25) is 4.79 Å². The second-order valence-corrected chi connectivity index (χ2v) is 7.52. The Balaban J connectivity index is 1.88. The number of amides is 1. The van der Waals surface area contributed by atoms with Gasteiger partial charge in [0.25, 0.3) is 5.91 Å². The van der Waals surface area contributed by atoms with Crippen LogP contribution >= 0.6 is 22.9 Å². The van der Waals surface area contributed by atoms with Gasteiger partial charge in [-0.2, -0.15) is 0 Å². The third-order valence-corrected chi connectivity index (χ3v) is 5.75. The molecule has 1 amide bonds. The summed E-state index contributed by atoms with van der Waals surface area (Å²) in [5.74, 6) is 0.464. The first-order valence-electron chi connectivity index (χ1n) is 7.74. The normalized spacial score (nSPS) is 21.0. The molecule has 1 fully saturated rings. The smallest absolute Gasteiger partial charge is 0.266 e. The fourth-order valence-corrected chi connectivity index (χ4v) is 4.28. The van der Waals surface area contributed by atoms with Gasteiger partial charge >= 0.3 is 0 Å². The Morgan fingerprint density at radius 1 is 1.52 bits per heavy atom. The van der Waals surface area contributed by atoms with Crippen LogP contribution in [0.3, 0.4) is 0 Å². The van der Waals surface area contributed by atoms with Crippen molar-refractivity contribution in [2.45, 2.75) is 26.3 Å². The summed E-state index contributed by atoms with van der Waals surface area (Å²) in [6.45, 7) is 5.34. The van der Waals surface area contributed by atoms with Crippen molar-refractivity contribution < 1.29 is 4.79 Å². The number of aromatic nitrogens is 1. The van der Waals surface area contributed by atoms with Crippen LogP contribution in [0.25, 0.3) is 10.6 Å². The van der Waals surface area contributed by atoms with Crippen molar-refractivity contribution in [1.82, 2.24) is 9.88 Å². The fraction of sp³-hybridized carbons (Fsp3) is 0.412. The van der Waals surface area contributed by atoms with E-state index in [1.54, 1.807) is 0 Å². The lowest BCUT2D eigenvalue weighted by Crippen LogP contribution is -2.34. The molecule has 2 heterocycles. The topological polar surface area (TPSA) is 59.2 Å². The Hall–Kier alpha value is -1.43. The standard InChI is InChI=1S/C17H20ClN3OS/c1-10-6-12(8-19)9-21(10)17(22)15-11(2)20-16(23-15)13-4-3-5-14(18)7-13/h3-5,7,10,12H,6,8-9,19H2,1-2H3. The lowest BCUT2D eigenvalue weighted by molar-refractivity contribution is 0.0747. The van der Waals surface area contributed by atoms with Crippen molar-refractivity contribution in [2.75, 3.05) is 13.1 Å². The van der Waals surface area contributed by atoms with Gasteiger partial charge in [0, 0.05) is 23.2 Å². The molecule has 2 aromatic rings. The van der Waals surface area contributed by atoms with Gasteiger partial charge in [0.15, 0.2) is 0 Å². The zero-order valence-corrected chi connectivity index (χ0v) is 14.8. The molecule has 1 aromatic heterocycles. The number of hydrogen-bond donors (Lipinski definition) is 1. The van der Waals surface area contributed by atoms with Crippen molar-refractivity contribution in [2.24, 2.45) is 11.7 Å². The average molecular weight is 350 g/mol. The Labute approximate surface area is 145 Å². The van der Waals surface area contributed by atoms with E-state index in [1.165, 1.54) is 11.3 Å². The van der Waals surface area contributed by atoms with Crippen LogP contribution in [0.1, 0.15) is 28.7 Å². The van der Waals surface area contributed by atoms with E-state index in [0.717, 1.165) is 29.2 Å². The highest BCUT2D eigenvalue weighted by atomic mass is 35.5. The molecule has 2 N–H and O–H groups in total. The summed E-state index contributed by atoms with van der Waals surface area (Å²) in [5, 5.41) is 1.50. The van der Waals surface area contributed by atoms with Gasteiger partial charge in [0.2, 0.25) is 0 Å². The third kappa shape index (κ3) is 3.27. The van der Waals surface area contributed by atoms with Crippen molar-refractivity contribution in [3.63, 3.8) is 0 Å². The fourth-order valence-electron chi connectivity index (χ4n) is 3.07. The molecule has 1 aromatic carbocycles. The first kappa shape index (κ1) is 16.4. The lowest BCUT2D eigenvalue weighted by atomic mass is 10.1. The molecule has 23 heavy (non-hydrogen) atoms. The molecule has 4 nitrogen and oxygen atoms in total. The number of carbonyl (C=O) groups is 1. The second kappa shape index (κ2) is 6.59. The highest BCUT2D eigenvalue weighted by Crippen LogP contribution is 2.32. The molecule has 6 heteroatoms. The molecular formula is C17H20ClN3OS. The Kier molecular flexibility index (Phi) is 4.71. The van der Waals surface area contributed by atoms with E-state index in [4.69, 9.17) is 17.3 Å². The monoisotopic (exact) mass is 349 g/mol. The number of likely N-dealkylation sites (tertiary alicyclic amines) is 1. The maximum Gasteiger partial charge on any atom is 0.266 e. The van der Waals surface area contributed by atoms with Gasteiger partial charge in [-0.15, -0.1) is 11.3 Å². The first-order chi connectivity index (χ1) is 11.0. The molecule has 0 saturated carbocycles. The molecule has 1 saturated heterocycles.